The van der Waals surface area contributed by atoms with Gasteiger partial charge in [0.05, 0.1) is 12.5 Å². The van der Waals surface area contributed by atoms with E-state index >= 15 is 0 Å². The lowest BCUT2D eigenvalue weighted by Gasteiger charge is -2.40. The highest BCUT2D eigenvalue weighted by atomic mass is 16.3. The van der Waals surface area contributed by atoms with Crippen LogP contribution in [-0.2, 0) is 0 Å². The van der Waals surface area contributed by atoms with E-state index in [-0.39, 0.29) is 6.04 Å². The van der Waals surface area contributed by atoms with Crippen LogP contribution in [0.1, 0.15) is 13.3 Å². The summed E-state index contributed by atoms with van der Waals surface area (Å²) in [5, 5.41) is 18.5. The van der Waals surface area contributed by atoms with Gasteiger partial charge in [-0.1, -0.05) is 5.92 Å². The van der Waals surface area contributed by atoms with Crippen molar-refractivity contribution >= 4 is 0 Å². The molecule has 1 saturated heterocycles. The maximum absolute atomic E-state index is 9.78. The van der Waals surface area contributed by atoms with Gasteiger partial charge in [-0.05, 0) is 14.0 Å². The van der Waals surface area contributed by atoms with Crippen molar-refractivity contribution in [1.29, 1.82) is 5.26 Å². The van der Waals surface area contributed by atoms with Crippen LogP contribution in [0.3, 0.4) is 0 Å². The molecule has 0 bridgehead atoms. The van der Waals surface area contributed by atoms with Crippen LogP contribution >= 0.6 is 0 Å². The summed E-state index contributed by atoms with van der Waals surface area (Å²) in [6.45, 7) is 4.19. The molecule has 0 amide bonds. The van der Waals surface area contributed by atoms with Crippen LogP contribution in [0.25, 0.3) is 0 Å². The quantitative estimate of drug-likeness (QED) is 0.640. The van der Waals surface area contributed by atoms with E-state index in [0.717, 1.165) is 19.6 Å². The van der Waals surface area contributed by atoms with Gasteiger partial charge in [-0.3, -0.25) is 4.90 Å². The smallest absolute Gasteiger partial charge is 0.171 e. The normalized spacial score (nSPS) is 25.1. The average Bonchev–Trinajstić information content (AvgIpc) is 2.18. The number of piperazine rings is 1. The first-order valence-electron chi connectivity index (χ1n) is 5.10. The Morgan fingerprint density at radius 2 is 2.27 bits per heavy atom. The zero-order valence-electron chi connectivity index (χ0n) is 9.27. The van der Waals surface area contributed by atoms with Gasteiger partial charge >= 0.3 is 0 Å². The molecule has 1 heterocycles. The van der Waals surface area contributed by atoms with Gasteiger partial charge in [0.25, 0.3) is 0 Å². The lowest BCUT2D eigenvalue weighted by Crippen LogP contribution is -2.55. The van der Waals surface area contributed by atoms with Crippen LogP contribution in [0, 0.1) is 23.2 Å². The molecule has 4 nitrogen and oxygen atoms in total. The molecule has 1 aliphatic rings. The Bertz CT molecular complexity index is 299. The molecule has 1 rings (SSSR count). The van der Waals surface area contributed by atoms with Crippen LogP contribution in [0.5, 0.6) is 0 Å². The van der Waals surface area contributed by atoms with Crippen molar-refractivity contribution in [1.82, 2.24) is 9.80 Å². The number of hydrogen-bond acceptors (Lipinski definition) is 4. The van der Waals surface area contributed by atoms with Crippen LogP contribution in [0.2, 0.25) is 0 Å². The standard InChI is InChI=1S/C11H17N3O/c1-3-4-11(15)14-8-7-13(2)9-10(14)5-6-12/h10-11,15H,5,7-9H2,1-2H3/t10-,11?/m0/s1. The van der Waals surface area contributed by atoms with E-state index in [4.69, 9.17) is 5.26 Å². The Morgan fingerprint density at radius 3 is 2.87 bits per heavy atom. The molecule has 0 spiro atoms. The van der Waals surface area contributed by atoms with Gasteiger partial charge in [0.2, 0.25) is 0 Å². The lowest BCUT2D eigenvalue weighted by molar-refractivity contribution is -0.0206. The maximum atomic E-state index is 9.78. The minimum absolute atomic E-state index is 0.0876. The third-order valence-corrected chi connectivity index (χ3v) is 2.65. The number of nitrogens with zero attached hydrogens (tertiary/aromatic N) is 3. The van der Waals surface area contributed by atoms with Crippen molar-refractivity contribution in [2.45, 2.75) is 25.6 Å². The summed E-state index contributed by atoms with van der Waals surface area (Å²) in [7, 11) is 2.03. The summed E-state index contributed by atoms with van der Waals surface area (Å²) in [5.74, 6) is 5.42. The topological polar surface area (TPSA) is 50.5 Å². The lowest BCUT2D eigenvalue weighted by atomic mass is 10.1. The molecule has 0 aromatic heterocycles. The highest BCUT2D eigenvalue weighted by Crippen LogP contribution is 2.13. The second-order valence-corrected chi connectivity index (χ2v) is 3.78. The molecule has 0 aromatic carbocycles. The molecule has 2 atom stereocenters. The number of aliphatic hydroxyl groups excluding tert-OH is 1. The zero-order chi connectivity index (χ0) is 11.3. The van der Waals surface area contributed by atoms with E-state index in [0.29, 0.717) is 6.42 Å². The number of likely N-dealkylation sites (N-methyl/N-ethyl adjacent to an activating group) is 1. The van der Waals surface area contributed by atoms with Crippen LogP contribution in [0.4, 0.5) is 0 Å². The third kappa shape index (κ3) is 3.21. The van der Waals surface area contributed by atoms with Gasteiger partial charge in [-0.15, -0.1) is 5.92 Å². The molecular weight excluding hydrogens is 190 g/mol. The van der Waals surface area contributed by atoms with Crippen molar-refractivity contribution in [2.75, 3.05) is 26.7 Å². The van der Waals surface area contributed by atoms with E-state index in [1.54, 1.807) is 6.92 Å². The van der Waals surface area contributed by atoms with Crippen molar-refractivity contribution in [3.05, 3.63) is 0 Å². The molecule has 0 saturated carbocycles. The van der Waals surface area contributed by atoms with Gasteiger partial charge in [-0.25, -0.2) is 0 Å². The molecule has 0 aromatic rings. The molecule has 15 heavy (non-hydrogen) atoms. The number of aliphatic hydroxyl groups is 1. The number of rotatable bonds is 2. The first-order chi connectivity index (χ1) is 7.19. The first-order valence-corrected chi connectivity index (χ1v) is 5.10. The Kier molecular flexibility index (Phi) is 4.58. The second kappa shape index (κ2) is 5.72. The molecule has 82 valence electrons. The molecule has 1 fully saturated rings. The summed E-state index contributed by atoms with van der Waals surface area (Å²) in [6, 6.07) is 2.24. The highest BCUT2D eigenvalue weighted by molar-refractivity contribution is 5.04. The fourth-order valence-corrected chi connectivity index (χ4v) is 1.85. The second-order valence-electron chi connectivity index (χ2n) is 3.78. The van der Waals surface area contributed by atoms with Crippen molar-refractivity contribution in [2.24, 2.45) is 0 Å². The monoisotopic (exact) mass is 207 g/mol. The van der Waals surface area contributed by atoms with Crippen molar-refractivity contribution in [3.8, 4) is 17.9 Å². The molecule has 1 N–H and O–H groups in total. The molecular formula is C11H17N3O. The van der Waals surface area contributed by atoms with E-state index in [9.17, 15) is 5.11 Å². The van der Waals surface area contributed by atoms with Crippen LogP contribution in [0.15, 0.2) is 0 Å². The summed E-state index contributed by atoms with van der Waals surface area (Å²) in [4.78, 5) is 4.07. The van der Waals surface area contributed by atoms with Crippen molar-refractivity contribution < 1.29 is 5.11 Å². The SMILES string of the molecule is CC#CC(O)N1CCN(C)C[C@@H]1CC#N. The Morgan fingerprint density at radius 1 is 1.53 bits per heavy atom. The molecule has 0 radical (unpaired) electrons. The largest absolute Gasteiger partial charge is 0.367 e. The van der Waals surface area contributed by atoms with E-state index in [1.165, 1.54) is 0 Å². The predicted octanol–water partition coefficient (Wildman–Crippen LogP) is -0.142. The average molecular weight is 207 g/mol. The van der Waals surface area contributed by atoms with Crippen molar-refractivity contribution in [3.63, 3.8) is 0 Å². The number of nitriles is 1. The summed E-state index contributed by atoms with van der Waals surface area (Å²) >= 11 is 0. The summed E-state index contributed by atoms with van der Waals surface area (Å²) in [6.07, 6.45) is -0.297. The minimum Gasteiger partial charge on any atom is -0.367 e. The van der Waals surface area contributed by atoms with Crippen LogP contribution < -0.4 is 0 Å². The summed E-state index contributed by atoms with van der Waals surface area (Å²) < 4.78 is 0. The van der Waals surface area contributed by atoms with Gasteiger partial charge in [0, 0.05) is 25.7 Å². The van der Waals surface area contributed by atoms with Gasteiger partial charge in [-0.2, -0.15) is 5.26 Å². The Balaban J connectivity index is 2.66. The predicted molar refractivity (Wildman–Crippen MR) is 57.7 cm³/mol. The molecule has 4 heteroatoms. The van der Waals surface area contributed by atoms with Crippen LogP contribution in [-0.4, -0.2) is 53.9 Å². The first kappa shape index (κ1) is 12.0. The Labute approximate surface area is 91.1 Å². The third-order valence-electron chi connectivity index (χ3n) is 2.65. The summed E-state index contributed by atoms with van der Waals surface area (Å²) in [5.41, 5.74) is 0. The maximum Gasteiger partial charge on any atom is 0.171 e. The zero-order valence-corrected chi connectivity index (χ0v) is 9.27. The fraction of sp³-hybridized carbons (Fsp3) is 0.727. The number of hydrogen-bond donors (Lipinski definition) is 1. The van der Waals surface area contributed by atoms with E-state index in [1.807, 2.05) is 11.9 Å². The van der Waals surface area contributed by atoms with Gasteiger partial charge in [0.1, 0.15) is 0 Å². The molecule has 1 unspecified atom stereocenters. The van der Waals surface area contributed by atoms with Gasteiger partial charge in [0.15, 0.2) is 6.23 Å². The molecule has 0 aliphatic carbocycles. The van der Waals surface area contributed by atoms with E-state index < -0.39 is 6.23 Å². The Hall–Kier alpha value is -1.07. The van der Waals surface area contributed by atoms with Gasteiger partial charge < -0.3 is 10.0 Å². The van der Waals surface area contributed by atoms with E-state index in [2.05, 4.69) is 22.8 Å². The minimum atomic E-state index is -0.734. The molecule has 1 aliphatic heterocycles. The highest BCUT2D eigenvalue weighted by Gasteiger charge is 2.28. The fourth-order valence-electron chi connectivity index (χ4n) is 1.85.